The second kappa shape index (κ2) is 5.35. The normalized spacial score (nSPS) is 27.7. The molecule has 9 heteroatoms. The Labute approximate surface area is 125 Å². The van der Waals surface area contributed by atoms with E-state index in [1.165, 1.54) is 6.07 Å². The monoisotopic (exact) mass is 338 g/mol. The average Bonchev–Trinajstić information content (AvgIpc) is 2.85. The Morgan fingerprint density at radius 2 is 2.00 bits per heavy atom. The SMILES string of the molecule is O=S(=O)(NC1C2CNCC21)c1ccc(OC(F)F)c(Cl)c1. The highest BCUT2D eigenvalue weighted by Crippen LogP contribution is 2.42. The number of hydrogen-bond acceptors (Lipinski definition) is 4. The smallest absolute Gasteiger partial charge is 0.387 e. The van der Waals surface area contributed by atoms with Crippen LogP contribution in [0.4, 0.5) is 8.78 Å². The van der Waals surface area contributed by atoms with Gasteiger partial charge in [-0.2, -0.15) is 8.78 Å². The van der Waals surface area contributed by atoms with Crippen LogP contribution in [0.2, 0.25) is 5.02 Å². The summed E-state index contributed by atoms with van der Waals surface area (Å²) in [6.45, 7) is -1.40. The third kappa shape index (κ3) is 2.98. The maximum atomic E-state index is 12.2. The van der Waals surface area contributed by atoms with Gasteiger partial charge < -0.3 is 10.1 Å². The fourth-order valence-electron chi connectivity index (χ4n) is 2.68. The lowest BCUT2D eigenvalue weighted by Gasteiger charge is -2.11. The molecule has 116 valence electrons. The number of fused-ring (bicyclic) bond motifs is 1. The van der Waals surface area contributed by atoms with Gasteiger partial charge in [0.2, 0.25) is 10.0 Å². The molecule has 2 N–H and O–H groups in total. The molecular weight excluding hydrogens is 326 g/mol. The van der Waals surface area contributed by atoms with Gasteiger partial charge in [-0.25, -0.2) is 13.1 Å². The summed E-state index contributed by atoms with van der Waals surface area (Å²) in [6, 6.07) is 3.37. The molecule has 1 saturated carbocycles. The van der Waals surface area contributed by atoms with Crippen molar-refractivity contribution in [1.82, 2.24) is 10.0 Å². The van der Waals surface area contributed by atoms with Gasteiger partial charge in [0.1, 0.15) is 5.75 Å². The van der Waals surface area contributed by atoms with Crippen LogP contribution in [0.15, 0.2) is 23.1 Å². The van der Waals surface area contributed by atoms with Gasteiger partial charge in [-0.05, 0) is 43.1 Å². The summed E-state index contributed by atoms with van der Waals surface area (Å²) in [6.07, 6.45) is 0. The van der Waals surface area contributed by atoms with Crippen molar-refractivity contribution in [2.45, 2.75) is 17.5 Å². The van der Waals surface area contributed by atoms with Crippen molar-refractivity contribution in [3.63, 3.8) is 0 Å². The Morgan fingerprint density at radius 3 is 2.57 bits per heavy atom. The molecule has 0 aromatic heterocycles. The maximum absolute atomic E-state index is 12.2. The lowest BCUT2D eigenvalue weighted by atomic mass is 10.3. The summed E-state index contributed by atoms with van der Waals surface area (Å²) in [7, 11) is -3.71. The largest absolute Gasteiger partial charge is 0.433 e. The van der Waals surface area contributed by atoms with Crippen molar-refractivity contribution < 1.29 is 21.9 Å². The van der Waals surface area contributed by atoms with Gasteiger partial charge >= 0.3 is 6.61 Å². The Hall–Kier alpha value is -0.960. The fourth-order valence-corrected chi connectivity index (χ4v) is 4.33. The van der Waals surface area contributed by atoms with Crippen LogP contribution < -0.4 is 14.8 Å². The van der Waals surface area contributed by atoms with E-state index < -0.39 is 16.6 Å². The molecule has 1 aliphatic heterocycles. The Morgan fingerprint density at radius 1 is 1.33 bits per heavy atom. The lowest BCUT2D eigenvalue weighted by Crippen LogP contribution is -2.32. The zero-order chi connectivity index (χ0) is 15.2. The number of ether oxygens (including phenoxy) is 1. The summed E-state index contributed by atoms with van der Waals surface area (Å²) in [5.41, 5.74) is 0. The highest BCUT2D eigenvalue weighted by atomic mass is 35.5. The molecule has 1 aromatic rings. The summed E-state index contributed by atoms with van der Waals surface area (Å²) < 4.78 is 55.5. The zero-order valence-corrected chi connectivity index (χ0v) is 12.3. The molecule has 0 bridgehead atoms. The van der Waals surface area contributed by atoms with E-state index in [9.17, 15) is 17.2 Å². The van der Waals surface area contributed by atoms with E-state index in [1.54, 1.807) is 0 Å². The number of nitrogens with one attached hydrogen (secondary N) is 2. The zero-order valence-electron chi connectivity index (χ0n) is 10.7. The Bertz CT molecular complexity index is 646. The first-order valence-corrected chi connectivity index (χ1v) is 8.22. The van der Waals surface area contributed by atoms with Gasteiger partial charge in [0.05, 0.1) is 9.92 Å². The molecule has 0 radical (unpaired) electrons. The van der Waals surface area contributed by atoms with Crippen molar-refractivity contribution in [3.05, 3.63) is 23.2 Å². The molecule has 2 unspecified atom stereocenters. The van der Waals surface area contributed by atoms with E-state index in [0.717, 1.165) is 25.2 Å². The first-order chi connectivity index (χ1) is 9.88. The van der Waals surface area contributed by atoms with Crippen molar-refractivity contribution in [3.8, 4) is 5.75 Å². The predicted octanol–water partition coefficient (Wildman–Crippen LogP) is 1.44. The quantitative estimate of drug-likeness (QED) is 0.852. The molecule has 21 heavy (non-hydrogen) atoms. The van der Waals surface area contributed by atoms with Gasteiger partial charge in [-0.3, -0.25) is 0 Å². The molecule has 1 heterocycles. The van der Waals surface area contributed by atoms with E-state index in [2.05, 4.69) is 14.8 Å². The van der Waals surface area contributed by atoms with Crippen LogP contribution >= 0.6 is 11.6 Å². The minimum absolute atomic E-state index is 0.0629. The molecule has 5 nitrogen and oxygen atoms in total. The van der Waals surface area contributed by atoms with Crippen molar-refractivity contribution in [1.29, 1.82) is 0 Å². The van der Waals surface area contributed by atoms with Crippen molar-refractivity contribution in [2.75, 3.05) is 13.1 Å². The minimum Gasteiger partial charge on any atom is -0.433 e. The first-order valence-electron chi connectivity index (χ1n) is 6.36. The first kappa shape index (κ1) is 15.0. The highest BCUT2D eigenvalue weighted by molar-refractivity contribution is 7.89. The third-order valence-corrected chi connectivity index (χ3v) is 5.56. The van der Waals surface area contributed by atoms with Gasteiger partial charge in [-0.15, -0.1) is 0 Å². The number of rotatable bonds is 5. The molecule has 3 rings (SSSR count). The van der Waals surface area contributed by atoms with Gasteiger partial charge in [0.15, 0.2) is 0 Å². The van der Waals surface area contributed by atoms with Crippen molar-refractivity contribution in [2.24, 2.45) is 11.8 Å². The van der Waals surface area contributed by atoms with E-state index in [1.807, 2.05) is 0 Å². The number of alkyl halides is 2. The Balaban J connectivity index is 1.75. The summed E-state index contributed by atoms with van der Waals surface area (Å²) in [5.74, 6) is 0.409. The van der Waals surface area contributed by atoms with E-state index in [0.29, 0.717) is 11.8 Å². The summed E-state index contributed by atoms with van der Waals surface area (Å²) >= 11 is 5.77. The van der Waals surface area contributed by atoms with Gasteiger partial charge in [-0.1, -0.05) is 11.6 Å². The topological polar surface area (TPSA) is 67.4 Å². The van der Waals surface area contributed by atoms with Crippen molar-refractivity contribution >= 4 is 21.6 Å². The highest BCUT2D eigenvalue weighted by Gasteiger charge is 2.54. The van der Waals surface area contributed by atoms with Gasteiger partial charge in [0.25, 0.3) is 0 Å². The minimum atomic E-state index is -3.71. The van der Waals surface area contributed by atoms with Crippen LogP contribution in [0.25, 0.3) is 0 Å². The second-order valence-electron chi connectivity index (χ2n) is 5.10. The summed E-state index contributed by atoms with van der Waals surface area (Å²) in [4.78, 5) is -0.0629. The van der Waals surface area contributed by atoms with Crippen LogP contribution in [0.5, 0.6) is 5.75 Å². The van der Waals surface area contributed by atoms with Crippen LogP contribution in [0.1, 0.15) is 0 Å². The van der Waals surface area contributed by atoms with Crippen LogP contribution in [-0.4, -0.2) is 34.2 Å². The van der Waals surface area contributed by atoms with E-state index in [4.69, 9.17) is 11.6 Å². The molecule has 1 aliphatic carbocycles. The van der Waals surface area contributed by atoms with E-state index in [-0.39, 0.29) is 21.7 Å². The van der Waals surface area contributed by atoms with Crippen LogP contribution in [-0.2, 0) is 10.0 Å². The molecule has 0 spiro atoms. The fraction of sp³-hybridized carbons (Fsp3) is 0.500. The lowest BCUT2D eigenvalue weighted by molar-refractivity contribution is -0.0498. The molecule has 1 aromatic carbocycles. The number of piperidine rings is 1. The molecule has 2 aliphatic rings. The second-order valence-corrected chi connectivity index (χ2v) is 7.22. The predicted molar refractivity (Wildman–Crippen MR) is 72.0 cm³/mol. The number of sulfonamides is 1. The molecular formula is C12H13ClF2N2O3S. The van der Waals surface area contributed by atoms with Crippen LogP contribution in [0, 0.1) is 11.8 Å². The number of benzene rings is 1. The van der Waals surface area contributed by atoms with Gasteiger partial charge in [0, 0.05) is 6.04 Å². The molecule has 0 amide bonds. The summed E-state index contributed by atoms with van der Waals surface area (Å²) in [5, 5.41) is 3.00. The number of hydrogen-bond donors (Lipinski definition) is 2. The molecule has 1 saturated heterocycles. The standard InChI is InChI=1S/C12H13ClF2N2O3S/c13-9-3-6(1-2-10(9)20-12(14)15)21(18,19)17-11-7-4-16-5-8(7)11/h1-3,7-8,11-12,16-17H,4-5H2. The van der Waals surface area contributed by atoms with E-state index >= 15 is 0 Å². The number of halogens is 3. The molecule has 2 fully saturated rings. The Kier molecular flexibility index (Phi) is 3.81. The maximum Gasteiger partial charge on any atom is 0.387 e. The average molecular weight is 339 g/mol. The van der Waals surface area contributed by atoms with Crippen LogP contribution in [0.3, 0.4) is 0 Å². The third-order valence-electron chi connectivity index (χ3n) is 3.81. The molecule has 2 atom stereocenters.